The average molecular weight is 394 g/mol. The van der Waals surface area contributed by atoms with Gasteiger partial charge in [0, 0.05) is 20.8 Å². The summed E-state index contributed by atoms with van der Waals surface area (Å²) in [6, 6.07) is 8.27. The van der Waals surface area contributed by atoms with Crippen molar-refractivity contribution in [2.24, 2.45) is 0 Å². The number of hydrogen-bond donors (Lipinski definition) is 0. The quantitative estimate of drug-likeness (QED) is 0.521. The van der Waals surface area contributed by atoms with Crippen LogP contribution in [0.3, 0.4) is 0 Å². The molecule has 4 atom stereocenters. The van der Waals surface area contributed by atoms with Gasteiger partial charge in [0.15, 0.2) is 6.10 Å². The van der Waals surface area contributed by atoms with Gasteiger partial charge >= 0.3 is 23.9 Å². The maximum Gasteiger partial charge on any atom is 0.338 e. The summed E-state index contributed by atoms with van der Waals surface area (Å²) in [6.45, 7) is 4.63. The lowest BCUT2D eigenvalue weighted by molar-refractivity contribution is -0.206. The normalized spacial score (nSPS) is 26.2. The molecule has 0 amide bonds. The van der Waals surface area contributed by atoms with E-state index in [9.17, 15) is 19.2 Å². The summed E-state index contributed by atoms with van der Waals surface area (Å²) in [6.07, 6.45) is -3.71. The van der Waals surface area contributed by atoms with Crippen LogP contribution in [-0.4, -0.2) is 54.6 Å². The number of hydrogen-bond acceptors (Lipinski definition) is 9. The Kier molecular flexibility index (Phi) is 6.74. The van der Waals surface area contributed by atoms with Crippen LogP contribution in [0.15, 0.2) is 30.3 Å². The second-order valence-electron chi connectivity index (χ2n) is 6.45. The van der Waals surface area contributed by atoms with Crippen LogP contribution in [0.25, 0.3) is 0 Å². The lowest BCUT2D eigenvalue weighted by Gasteiger charge is -2.29. The molecule has 1 saturated heterocycles. The van der Waals surface area contributed by atoms with Crippen molar-refractivity contribution in [2.45, 2.75) is 51.8 Å². The molecular weight excluding hydrogens is 372 g/mol. The summed E-state index contributed by atoms with van der Waals surface area (Å²) in [4.78, 5) is 46.7. The van der Waals surface area contributed by atoms with Gasteiger partial charge in [0.2, 0.25) is 12.4 Å². The molecule has 9 nitrogen and oxygen atoms in total. The molecule has 0 aromatic heterocycles. The minimum atomic E-state index is -1.42. The molecule has 0 radical (unpaired) electrons. The van der Waals surface area contributed by atoms with Gasteiger partial charge in [-0.2, -0.15) is 0 Å². The monoisotopic (exact) mass is 394 g/mol. The molecule has 1 heterocycles. The Bertz CT molecular complexity index is 745. The summed E-state index contributed by atoms with van der Waals surface area (Å²) in [5, 5.41) is 0. The number of esters is 4. The van der Waals surface area contributed by atoms with E-state index in [1.165, 1.54) is 13.8 Å². The van der Waals surface area contributed by atoms with Gasteiger partial charge in [-0.3, -0.25) is 14.4 Å². The molecule has 0 aliphatic carbocycles. The van der Waals surface area contributed by atoms with Crippen LogP contribution in [0.4, 0.5) is 0 Å². The Morgan fingerprint density at radius 2 is 1.50 bits per heavy atom. The summed E-state index contributed by atoms with van der Waals surface area (Å²) in [7, 11) is 0. The maximum atomic E-state index is 12.2. The van der Waals surface area contributed by atoms with E-state index in [0.29, 0.717) is 5.56 Å². The van der Waals surface area contributed by atoms with Crippen LogP contribution >= 0.6 is 0 Å². The van der Waals surface area contributed by atoms with Crippen LogP contribution in [0.2, 0.25) is 0 Å². The number of benzene rings is 1. The molecule has 0 bridgehead atoms. The fourth-order valence-electron chi connectivity index (χ4n) is 2.81. The first-order valence-electron chi connectivity index (χ1n) is 8.54. The molecular formula is C19H22O9. The van der Waals surface area contributed by atoms with Crippen LogP contribution in [0, 0.1) is 0 Å². The molecule has 28 heavy (non-hydrogen) atoms. The van der Waals surface area contributed by atoms with Crippen LogP contribution in [0.1, 0.15) is 38.1 Å². The number of rotatable bonds is 6. The molecule has 0 N–H and O–H groups in total. The summed E-state index contributed by atoms with van der Waals surface area (Å²) < 4.78 is 26.5. The van der Waals surface area contributed by atoms with Gasteiger partial charge in [-0.1, -0.05) is 18.2 Å². The number of carbonyl (C=O) groups is 4. The SMILES string of the molecule is CC(=O)OC1C(OC(C)=O)[C@@](C)(COC(=O)c2ccccc2)O[C@H]1OC(C)=O. The van der Waals surface area contributed by atoms with Crippen molar-refractivity contribution in [1.82, 2.24) is 0 Å². The van der Waals surface area contributed by atoms with E-state index in [2.05, 4.69) is 0 Å². The van der Waals surface area contributed by atoms with Crippen molar-refractivity contribution in [2.75, 3.05) is 6.61 Å². The van der Waals surface area contributed by atoms with Crippen LogP contribution < -0.4 is 0 Å². The molecule has 9 heteroatoms. The lowest BCUT2D eigenvalue weighted by Crippen LogP contribution is -2.48. The molecule has 1 aromatic rings. The second kappa shape index (κ2) is 8.83. The summed E-state index contributed by atoms with van der Waals surface area (Å²) in [5.74, 6) is -2.66. The van der Waals surface area contributed by atoms with E-state index in [-0.39, 0.29) is 6.61 Å². The van der Waals surface area contributed by atoms with Crippen molar-refractivity contribution in [3.63, 3.8) is 0 Å². The molecule has 0 spiro atoms. The van der Waals surface area contributed by atoms with Gasteiger partial charge < -0.3 is 23.7 Å². The van der Waals surface area contributed by atoms with Gasteiger partial charge in [-0.25, -0.2) is 4.79 Å². The fraction of sp³-hybridized carbons (Fsp3) is 0.474. The predicted octanol–water partition coefficient (Wildman–Crippen LogP) is 1.38. The highest BCUT2D eigenvalue weighted by Crippen LogP contribution is 2.36. The number of ether oxygens (including phenoxy) is 5. The summed E-state index contributed by atoms with van der Waals surface area (Å²) >= 11 is 0. The Hall–Kier alpha value is -2.94. The fourth-order valence-corrected chi connectivity index (χ4v) is 2.81. The van der Waals surface area contributed by atoms with Crippen LogP contribution in [-0.2, 0) is 38.1 Å². The predicted molar refractivity (Wildman–Crippen MR) is 92.9 cm³/mol. The van der Waals surface area contributed by atoms with E-state index >= 15 is 0 Å². The largest absolute Gasteiger partial charge is 0.459 e. The third kappa shape index (κ3) is 5.29. The molecule has 2 unspecified atom stereocenters. The standard InChI is InChI=1S/C19H22O9/c1-11(20)25-15-16(26-12(2)21)19(4,28-18(15)27-13(3)22)10-24-17(23)14-8-6-5-7-9-14/h5-9,15-16,18H,10H2,1-4H3/t15?,16?,18-,19-/m1/s1. The molecule has 2 rings (SSSR count). The topological polar surface area (TPSA) is 114 Å². The Morgan fingerprint density at radius 3 is 2.04 bits per heavy atom. The van der Waals surface area contributed by atoms with Crippen molar-refractivity contribution in [3.8, 4) is 0 Å². The van der Waals surface area contributed by atoms with Gasteiger partial charge in [0.25, 0.3) is 0 Å². The van der Waals surface area contributed by atoms with Crippen molar-refractivity contribution in [1.29, 1.82) is 0 Å². The zero-order valence-electron chi connectivity index (χ0n) is 16.0. The minimum Gasteiger partial charge on any atom is -0.459 e. The second-order valence-corrected chi connectivity index (χ2v) is 6.45. The van der Waals surface area contributed by atoms with E-state index < -0.39 is 48.0 Å². The van der Waals surface area contributed by atoms with Crippen molar-refractivity contribution < 1.29 is 42.9 Å². The summed E-state index contributed by atoms with van der Waals surface area (Å²) in [5.41, 5.74) is -1.10. The van der Waals surface area contributed by atoms with Gasteiger partial charge in [0.05, 0.1) is 5.56 Å². The molecule has 1 aromatic carbocycles. The zero-order valence-corrected chi connectivity index (χ0v) is 16.0. The first-order valence-corrected chi connectivity index (χ1v) is 8.54. The van der Waals surface area contributed by atoms with E-state index in [1.54, 1.807) is 30.3 Å². The van der Waals surface area contributed by atoms with E-state index in [1.807, 2.05) is 0 Å². The third-order valence-corrected chi connectivity index (χ3v) is 3.93. The average Bonchev–Trinajstić information content (AvgIpc) is 2.84. The van der Waals surface area contributed by atoms with Gasteiger partial charge in [-0.15, -0.1) is 0 Å². The maximum absolute atomic E-state index is 12.2. The Morgan fingerprint density at radius 1 is 0.929 bits per heavy atom. The van der Waals surface area contributed by atoms with Crippen LogP contribution in [0.5, 0.6) is 0 Å². The smallest absolute Gasteiger partial charge is 0.338 e. The molecule has 1 aliphatic heterocycles. The van der Waals surface area contributed by atoms with Gasteiger partial charge in [-0.05, 0) is 19.1 Å². The minimum absolute atomic E-state index is 0.321. The molecule has 152 valence electrons. The first-order chi connectivity index (χ1) is 13.1. The number of carbonyl (C=O) groups excluding carboxylic acids is 4. The molecule has 1 fully saturated rings. The molecule has 1 aliphatic rings. The Balaban J connectivity index is 2.23. The first kappa shape index (κ1) is 21.4. The third-order valence-electron chi connectivity index (χ3n) is 3.93. The van der Waals surface area contributed by atoms with E-state index in [4.69, 9.17) is 23.7 Å². The highest BCUT2D eigenvalue weighted by atomic mass is 16.8. The Labute approximate surface area is 161 Å². The van der Waals surface area contributed by atoms with Gasteiger partial charge in [0.1, 0.15) is 12.2 Å². The lowest BCUT2D eigenvalue weighted by atomic mass is 9.98. The highest BCUT2D eigenvalue weighted by molar-refractivity contribution is 5.89. The zero-order chi connectivity index (χ0) is 20.9. The highest BCUT2D eigenvalue weighted by Gasteiger charge is 2.59. The molecule has 0 saturated carbocycles. The van der Waals surface area contributed by atoms with Crippen molar-refractivity contribution in [3.05, 3.63) is 35.9 Å². The van der Waals surface area contributed by atoms with E-state index in [0.717, 1.165) is 13.8 Å². The van der Waals surface area contributed by atoms with Crippen molar-refractivity contribution >= 4 is 23.9 Å².